The largest absolute Gasteiger partial charge is 0.493 e. The van der Waals surface area contributed by atoms with Crippen molar-refractivity contribution in [2.24, 2.45) is 0 Å². The molecule has 27 heavy (non-hydrogen) atoms. The number of nitrogens with one attached hydrogen (secondary N) is 1. The fourth-order valence-electron chi connectivity index (χ4n) is 2.65. The van der Waals surface area contributed by atoms with Gasteiger partial charge in [0.25, 0.3) is 0 Å². The fraction of sp³-hybridized carbons (Fsp3) is 0.421. The van der Waals surface area contributed by atoms with Crippen molar-refractivity contribution in [3.63, 3.8) is 0 Å². The van der Waals surface area contributed by atoms with E-state index in [4.69, 9.17) is 14.2 Å². The van der Waals surface area contributed by atoms with Crippen LogP contribution in [-0.2, 0) is 9.53 Å². The molecule has 1 amide bonds. The van der Waals surface area contributed by atoms with Crippen molar-refractivity contribution in [3.05, 3.63) is 34.8 Å². The summed E-state index contributed by atoms with van der Waals surface area (Å²) in [6.45, 7) is 4.66. The molecule has 1 aromatic heterocycles. The van der Waals surface area contributed by atoms with Gasteiger partial charge in [0.05, 0.1) is 13.2 Å². The molecular weight excluding hydrogens is 366 g/mol. The van der Waals surface area contributed by atoms with E-state index in [0.717, 1.165) is 30.0 Å². The number of nitrogens with zero attached hydrogens (tertiary/aromatic N) is 2. The van der Waals surface area contributed by atoms with Crippen LogP contribution in [0, 0.1) is 0 Å². The van der Waals surface area contributed by atoms with Crippen LogP contribution in [0.1, 0.15) is 43.4 Å². The maximum absolute atomic E-state index is 12.1. The van der Waals surface area contributed by atoms with Crippen LogP contribution >= 0.6 is 11.3 Å². The average molecular weight is 389 g/mol. The van der Waals surface area contributed by atoms with E-state index < -0.39 is 0 Å². The molecule has 2 aromatic rings. The molecule has 8 heteroatoms. The summed E-state index contributed by atoms with van der Waals surface area (Å²) in [5.41, 5.74) is 0.829. The summed E-state index contributed by atoms with van der Waals surface area (Å²) < 4.78 is 16.6. The molecule has 7 nitrogen and oxygen atoms in total. The van der Waals surface area contributed by atoms with Crippen LogP contribution in [0.15, 0.2) is 24.3 Å². The van der Waals surface area contributed by atoms with Crippen LogP contribution in [0.4, 0.5) is 5.13 Å². The Morgan fingerprint density at radius 3 is 2.93 bits per heavy atom. The molecule has 1 saturated heterocycles. The maximum Gasteiger partial charge on any atom is 0.250 e. The van der Waals surface area contributed by atoms with Crippen LogP contribution < -0.4 is 14.8 Å². The Kier molecular flexibility index (Phi) is 6.41. The number of benzene rings is 1. The molecule has 0 saturated carbocycles. The number of hydrogen-bond acceptors (Lipinski definition) is 7. The molecule has 1 aliphatic rings. The molecule has 0 bridgehead atoms. The van der Waals surface area contributed by atoms with E-state index in [1.54, 1.807) is 13.2 Å². The van der Waals surface area contributed by atoms with E-state index in [1.807, 2.05) is 32.0 Å². The zero-order chi connectivity index (χ0) is 19.2. The number of anilines is 1. The number of carbonyl (C=O) groups is 1. The zero-order valence-electron chi connectivity index (χ0n) is 15.6. The standard InChI is InChI=1S/C19H23N3O4S/c1-12(2)26-14-8-6-13(11-16(14)24-3)7-9-17(23)20-19-22-21-18(27-19)15-5-4-10-25-15/h6-9,11-12,15H,4-5,10H2,1-3H3,(H,20,22,23)/b9-7+/t15-/m1/s1. The second kappa shape index (κ2) is 8.96. The summed E-state index contributed by atoms with van der Waals surface area (Å²) in [5, 5.41) is 12.1. The van der Waals surface area contributed by atoms with Gasteiger partial charge in [-0.1, -0.05) is 17.4 Å². The third kappa shape index (κ3) is 5.27. The zero-order valence-corrected chi connectivity index (χ0v) is 16.4. The highest BCUT2D eigenvalue weighted by atomic mass is 32.1. The molecule has 0 unspecified atom stereocenters. The first kappa shape index (κ1) is 19.3. The lowest BCUT2D eigenvalue weighted by Crippen LogP contribution is -2.07. The van der Waals surface area contributed by atoms with Gasteiger partial charge in [0.15, 0.2) is 11.5 Å². The second-order valence-electron chi connectivity index (χ2n) is 6.35. The SMILES string of the molecule is COc1cc(/C=C/C(=O)Nc2nnc([C@H]3CCCO3)s2)ccc1OC(C)C. The highest BCUT2D eigenvalue weighted by Gasteiger charge is 2.22. The Bertz CT molecular complexity index is 813. The summed E-state index contributed by atoms with van der Waals surface area (Å²) in [6.07, 6.45) is 5.18. The lowest BCUT2D eigenvalue weighted by molar-refractivity contribution is -0.111. The van der Waals surface area contributed by atoms with Crippen molar-refractivity contribution in [1.82, 2.24) is 10.2 Å². The summed E-state index contributed by atoms with van der Waals surface area (Å²) in [6, 6.07) is 5.52. The summed E-state index contributed by atoms with van der Waals surface area (Å²) in [4.78, 5) is 12.1. The van der Waals surface area contributed by atoms with Gasteiger partial charge in [0.1, 0.15) is 11.1 Å². The van der Waals surface area contributed by atoms with Gasteiger partial charge in [0, 0.05) is 12.7 Å². The number of ether oxygens (including phenoxy) is 3. The second-order valence-corrected chi connectivity index (χ2v) is 7.36. The minimum Gasteiger partial charge on any atom is -0.493 e. The molecule has 2 heterocycles. The molecule has 0 radical (unpaired) electrons. The van der Waals surface area contributed by atoms with Crippen molar-refractivity contribution in [3.8, 4) is 11.5 Å². The van der Waals surface area contributed by atoms with Gasteiger partial charge in [-0.25, -0.2) is 0 Å². The number of rotatable bonds is 7. The fourth-order valence-corrected chi connectivity index (χ4v) is 3.48. The van der Waals surface area contributed by atoms with E-state index in [2.05, 4.69) is 15.5 Å². The van der Waals surface area contributed by atoms with Gasteiger partial charge >= 0.3 is 0 Å². The third-order valence-electron chi connectivity index (χ3n) is 3.85. The van der Waals surface area contributed by atoms with Gasteiger partial charge in [-0.3, -0.25) is 10.1 Å². The van der Waals surface area contributed by atoms with Crippen molar-refractivity contribution < 1.29 is 19.0 Å². The van der Waals surface area contributed by atoms with Gasteiger partial charge in [0.2, 0.25) is 11.0 Å². The smallest absolute Gasteiger partial charge is 0.250 e. The average Bonchev–Trinajstić information content (AvgIpc) is 3.32. The lowest BCUT2D eigenvalue weighted by Gasteiger charge is -2.13. The molecule has 1 fully saturated rings. The van der Waals surface area contributed by atoms with E-state index in [-0.39, 0.29) is 18.1 Å². The summed E-state index contributed by atoms with van der Waals surface area (Å²) >= 11 is 1.34. The first-order valence-corrected chi connectivity index (χ1v) is 9.65. The Morgan fingerprint density at radius 1 is 1.37 bits per heavy atom. The van der Waals surface area contributed by atoms with E-state index in [9.17, 15) is 4.79 Å². The lowest BCUT2D eigenvalue weighted by atomic mass is 10.2. The van der Waals surface area contributed by atoms with Gasteiger partial charge in [-0.15, -0.1) is 10.2 Å². The van der Waals surface area contributed by atoms with Gasteiger partial charge < -0.3 is 14.2 Å². The van der Waals surface area contributed by atoms with Crippen LogP contribution in [0.25, 0.3) is 6.08 Å². The number of methoxy groups -OCH3 is 1. The Morgan fingerprint density at radius 2 is 2.22 bits per heavy atom. The van der Waals surface area contributed by atoms with E-state index in [1.165, 1.54) is 17.4 Å². The van der Waals surface area contributed by atoms with E-state index in [0.29, 0.717) is 16.6 Å². The molecule has 1 atom stereocenters. The van der Waals surface area contributed by atoms with Crippen LogP contribution in [-0.4, -0.2) is 35.9 Å². The topological polar surface area (TPSA) is 82.6 Å². The Balaban J connectivity index is 1.61. The minimum absolute atomic E-state index is 0.00253. The summed E-state index contributed by atoms with van der Waals surface area (Å²) in [5.74, 6) is 1.02. The highest BCUT2D eigenvalue weighted by molar-refractivity contribution is 7.15. The van der Waals surface area contributed by atoms with Crippen LogP contribution in [0.5, 0.6) is 11.5 Å². The number of aromatic nitrogens is 2. The predicted molar refractivity (Wildman–Crippen MR) is 104 cm³/mol. The molecule has 1 N–H and O–H groups in total. The monoisotopic (exact) mass is 389 g/mol. The summed E-state index contributed by atoms with van der Waals surface area (Å²) in [7, 11) is 1.59. The molecule has 0 spiro atoms. The van der Waals surface area contributed by atoms with Crippen molar-refractivity contribution in [2.75, 3.05) is 19.0 Å². The number of carbonyl (C=O) groups excluding carboxylic acids is 1. The van der Waals surface area contributed by atoms with Gasteiger partial charge in [-0.05, 0) is 50.5 Å². The molecule has 144 valence electrons. The van der Waals surface area contributed by atoms with Crippen molar-refractivity contribution >= 4 is 28.5 Å². The van der Waals surface area contributed by atoms with Crippen molar-refractivity contribution in [2.45, 2.75) is 38.9 Å². The molecule has 1 aromatic carbocycles. The van der Waals surface area contributed by atoms with E-state index >= 15 is 0 Å². The van der Waals surface area contributed by atoms with Crippen LogP contribution in [0.2, 0.25) is 0 Å². The van der Waals surface area contributed by atoms with Gasteiger partial charge in [-0.2, -0.15) is 0 Å². The first-order valence-electron chi connectivity index (χ1n) is 8.84. The number of hydrogen-bond donors (Lipinski definition) is 1. The quantitative estimate of drug-likeness (QED) is 0.725. The number of amides is 1. The molecule has 1 aliphatic heterocycles. The molecular formula is C19H23N3O4S. The molecule has 3 rings (SSSR count). The highest BCUT2D eigenvalue weighted by Crippen LogP contribution is 2.32. The third-order valence-corrected chi connectivity index (χ3v) is 4.78. The maximum atomic E-state index is 12.1. The normalized spacial score (nSPS) is 16.8. The minimum atomic E-state index is -0.272. The Labute approximate surface area is 162 Å². The first-order chi connectivity index (χ1) is 13.0. The predicted octanol–water partition coefficient (Wildman–Crippen LogP) is 3.84. The molecule has 0 aliphatic carbocycles. The Hall–Kier alpha value is -2.45. The van der Waals surface area contributed by atoms with Crippen LogP contribution in [0.3, 0.4) is 0 Å². The van der Waals surface area contributed by atoms with Crippen molar-refractivity contribution in [1.29, 1.82) is 0 Å².